The SMILES string of the molecule is CCOC1=CC[C@@H](Cl)C(n2c(C=C(C)C)c(C(=O)N3CCNCC3)cc(-c3nc(-c4ccc(C)cc4)cs3)c2=O)=C1. The second kappa shape index (κ2) is 12.6. The summed E-state index contributed by atoms with van der Waals surface area (Å²) in [6.45, 7) is 11.0. The number of ether oxygens (including phenoxy) is 1. The van der Waals surface area contributed by atoms with Gasteiger partial charge in [0.2, 0.25) is 0 Å². The van der Waals surface area contributed by atoms with Gasteiger partial charge in [-0.05, 0) is 52.3 Å². The minimum atomic E-state index is -0.474. The van der Waals surface area contributed by atoms with Crippen LogP contribution in [0.2, 0.25) is 0 Å². The maximum atomic E-state index is 14.4. The summed E-state index contributed by atoms with van der Waals surface area (Å²) in [6.07, 6.45) is 6.14. The Morgan fingerprint density at radius 2 is 1.95 bits per heavy atom. The molecule has 1 aliphatic carbocycles. The first-order valence-electron chi connectivity index (χ1n) is 13.9. The molecule has 2 aromatic heterocycles. The zero-order chi connectivity index (χ0) is 29.1. The van der Waals surface area contributed by atoms with Crippen molar-refractivity contribution >= 4 is 40.6 Å². The molecule has 214 valence electrons. The molecular weight excluding hydrogens is 556 g/mol. The van der Waals surface area contributed by atoms with Crippen molar-refractivity contribution in [2.24, 2.45) is 0 Å². The Kier molecular flexibility index (Phi) is 8.92. The topological polar surface area (TPSA) is 76.5 Å². The molecule has 1 saturated heterocycles. The fourth-order valence-electron chi connectivity index (χ4n) is 5.03. The van der Waals surface area contributed by atoms with Gasteiger partial charge in [0.1, 0.15) is 10.8 Å². The van der Waals surface area contributed by atoms with Gasteiger partial charge in [-0.3, -0.25) is 14.2 Å². The van der Waals surface area contributed by atoms with E-state index < -0.39 is 5.38 Å². The lowest BCUT2D eigenvalue weighted by Gasteiger charge is -2.29. The van der Waals surface area contributed by atoms with Gasteiger partial charge < -0.3 is 15.0 Å². The van der Waals surface area contributed by atoms with Crippen LogP contribution in [0.1, 0.15) is 48.8 Å². The number of nitrogens with zero attached hydrogens (tertiary/aromatic N) is 3. The van der Waals surface area contributed by atoms with E-state index in [0.717, 1.165) is 35.5 Å². The van der Waals surface area contributed by atoms with Gasteiger partial charge in [0.05, 0.1) is 34.5 Å². The number of hydrogen-bond donors (Lipinski definition) is 1. The van der Waals surface area contributed by atoms with Crippen molar-refractivity contribution in [3.63, 3.8) is 0 Å². The van der Waals surface area contributed by atoms with Crippen molar-refractivity contribution < 1.29 is 9.53 Å². The Morgan fingerprint density at radius 1 is 1.22 bits per heavy atom. The van der Waals surface area contributed by atoms with Crippen LogP contribution in [0.15, 0.2) is 64.0 Å². The fourth-order valence-corrected chi connectivity index (χ4v) is 6.11. The van der Waals surface area contributed by atoms with Crippen molar-refractivity contribution in [2.75, 3.05) is 32.8 Å². The van der Waals surface area contributed by atoms with Gasteiger partial charge in [0, 0.05) is 48.9 Å². The highest BCUT2D eigenvalue weighted by Gasteiger charge is 2.29. The molecule has 3 aromatic rings. The van der Waals surface area contributed by atoms with E-state index in [1.165, 1.54) is 11.3 Å². The number of benzene rings is 1. The second-order valence-corrected chi connectivity index (χ2v) is 11.9. The number of rotatable bonds is 7. The number of thiazole rings is 1. The Morgan fingerprint density at radius 3 is 2.63 bits per heavy atom. The number of carbonyl (C=O) groups is 1. The summed E-state index contributed by atoms with van der Waals surface area (Å²) in [7, 11) is 0. The van der Waals surface area contributed by atoms with Crippen LogP contribution in [-0.2, 0) is 4.74 Å². The van der Waals surface area contributed by atoms with Crippen molar-refractivity contribution in [1.29, 1.82) is 0 Å². The molecule has 41 heavy (non-hydrogen) atoms. The number of hydrogen-bond acceptors (Lipinski definition) is 6. The normalized spacial score (nSPS) is 17.1. The standard InChI is InChI=1S/C32H35ClN4O3S/c1-5-40-23-10-11-26(33)29(17-23)37-28(16-20(2)3)24(31(38)36-14-12-34-13-15-36)18-25(32(37)39)30-35-27(19-41-30)22-8-6-21(4)7-9-22/h6-10,16-19,26,34H,5,11-15H2,1-4H3/t26-/m1/s1. The lowest BCUT2D eigenvalue weighted by Crippen LogP contribution is -2.47. The van der Waals surface area contributed by atoms with Crippen LogP contribution in [0.4, 0.5) is 0 Å². The molecule has 1 fully saturated rings. The minimum Gasteiger partial charge on any atom is -0.494 e. The molecule has 0 radical (unpaired) electrons. The molecule has 1 N–H and O–H groups in total. The van der Waals surface area contributed by atoms with E-state index in [1.807, 2.05) is 80.5 Å². The van der Waals surface area contributed by atoms with E-state index in [0.29, 0.717) is 59.4 Å². The van der Waals surface area contributed by atoms with Gasteiger partial charge in [0.15, 0.2) is 0 Å². The van der Waals surface area contributed by atoms with E-state index in [2.05, 4.69) is 5.32 Å². The third-order valence-electron chi connectivity index (χ3n) is 7.09. The third-order valence-corrected chi connectivity index (χ3v) is 8.36. The number of alkyl halides is 1. The zero-order valence-corrected chi connectivity index (χ0v) is 25.4. The predicted molar refractivity (Wildman–Crippen MR) is 168 cm³/mol. The monoisotopic (exact) mass is 590 g/mol. The summed E-state index contributed by atoms with van der Waals surface area (Å²) in [4.78, 5) is 35.2. The van der Waals surface area contributed by atoms with Gasteiger partial charge in [-0.1, -0.05) is 35.4 Å². The summed E-state index contributed by atoms with van der Waals surface area (Å²) in [5, 5.41) is 5.34. The predicted octanol–water partition coefficient (Wildman–Crippen LogP) is 6.19. The van der Waals surface area contributed by atoms with Crippen LogP contribution < -0.4 is 10.9 Å². The molecule has 1 aromatic carbocycles. The maximum Gasteiger partial charge on any atom is 0.265 e. The average Bonchev–Trinajstić information content (AvgIpc) is 3.45. The van der Waals surface area contributed by atoms with Crippen molar-refractivity contribution in [2.45, 2.75) is 39.5 Å². The summed E-state index contributed by atoms with van der Waals surface area (Å²) in [5.74, 6) is 0.540. The zero-order valence-electron chi connectivity index (χ0n) is 23.9. The number of aryl methyl sites for hydroxylation is 1. The molecular formula is C32H35ClN4O3S. The summed E-state index contributed by atoms with van der Waals surface area (Å²) < 4.78 is 7.40. The van der Waals surface area contributed by atoms with Gasteiger partial charge in [0.25, 0.3) is 11.5 Å². The Balaban J connectivity index is 1.75. The highest BCUT2D eigenvalue weighted by Crippen LogP contribution is 2.33. The van der Waals surface area contributed by atoms with E-state index in [1.54, 1.807) is 10.6 Å². The summed E-state index contributed by atoms with van der Waals surface area (Å²) in [5.41, 5.74) is 5.53. The van der Waals surface area contributed by atoms with Crippen LogP contribution in [0.3, 0.4) is 0 Å². The Hall–Kier alpha value is -3.46. The number of aromatic nitrogens is 2. The molecule has 2 aliphatic rings. The molecule has 0 spiro atoms. The molecule has 5 rings (SSSR count). The first-order chi connectivity index (χ1) is 19.8. The van der Waals surface area contributed by atoms with Gasteiger partial charge in [-0.25, -0.2) is 4.98 Å². The quantitative estimate of drug-likeness (QED) is 0.332. The Bertz CT molecular complexity index is 1590. The molecule has 1 aliphatic heterocycles. The number of allylic oxidation sites excluding steroid dienone is 4. The van der Waals surface area contributed by atoms with E-state index in [-0.39, 0.29) is 11.5 Å². The van der Waals surface area contributed by atoms with Crippen LogP contribution in [0.5, 0.6) is 0 Å². The van der Waals surface area contributed by atoms with E-state index >= 15 is 0 Å². The van der Waals surface area contributed by atoms with Crippen molar-refractivity contribution in [3.05, 3.63) is 86.4 Å². The molecule has 9 heteroatoms. The van der Waals surface area contributed by atoms with Crippen LogP contribution in [0.25, 0.3) is 33.6 Å². The average molecular weight is 591 g/mol. The van der Waals surface area contributed by atoms with E-state index in [4.69, 9.17) is 21.3 Å². The fraction of sp³-hybridized carbons (Fsp3) is 0.344. The number of piperazine rings is 1. The maximum absolute atomic E-state index is 14.4. The Labute approximate surface area is 249 Å². The first kappa shape index (κ1) is 29.0. The summed E-state index contributed by atoms with van der Waals surface area (Å²) in [6, 6.07) is 9.85. The molecule has 0 bridgehead atoms. The number of amides is 1. The van der Waals surface area contributed by atoms with Crippen molar-refractivity contribution in [3.8, 4) is 21.8 Å². The highest BCUT2D eigenvalue weighted by atomic mass is 35.5. The molecule has 7 nitrogen and oxygen atoms in total. The second-order valence-electron chi connectivity index (χ2n) is 10.5. The summed E-state index contributed by atoms with van der Waals surface area (Å²) >= 11 is 8.27. The third kappa shape index (κ3) is 6.25. The molecule has 1 atom stereocenters. The lowest BCUT2D eigenvalue weighted by atomic mass is 10.0. The minimum absolute atomic E-state index is 0.118. The number of halogens is 1. The van der Waals surface area contributed by atoms with Gasteiger partial charge in [-0.15, -0.1) is 22.9 Å². The molecule has 0 saturated carbocycles. The largest absolute Gasteiger partial charge is 0.494 e. The number of carbonyl (C=O) groups excluding carboxylic acids is 1. The number of pyridine rings is 1. The lowest BCUT2D eigenvalue weighted by molar-refractivity contribution is 0.0735. The number of nitrogens with one attached hydrogen (secondary N) is 1. The molecule has 1 amide bonds. The van der Waals surface area contributed by atoms with Gasteiger partial charge >= 0.3 is 0 Å². The van der Waals surface area contributed by atoms with E-state index in [9.17, 15) is 9.59 Å². The van der Waals surface area contributed by atoms with Gasteiger partial charge in [-0.2, -0.15) is 0 Å². The van der Waals surface area contributed by atoms with Crippen molar-refractivity contribution in [1.82, 2.24) is 19.8 Å². The smallest absolute Gasteiger partial charge is 0.265 e. The molecule has 3 heterocycles. The van der Waals surface area contributed by atoms with Crippen LogP contribution in [0, 0.1) is 6.92 Å². The van der Waals surface area contributed by atoms with Crippen LogP contribution in [-0.4, -0.2) is 58.5 Å². The highest BCUT2D eigenvalue weighted by molar-refractivity contribution is 7.13. The molecule has 0 unspecified atom stereocenters. The van der Waals surface area contributed by atoms with Crippen LogP contribution >= 0.6 is 22.9 Å². The first-order valence-corrected chi connectivity index (χ1v) is 15.2.